The zero-order chi connectivity index (χ0) is 26.9. The number of phenolic OH excluding ortho intramolecular Hbond substituents is 1. The Kier molecular flexibility index (Phi) is 7.24. The first kappa shape index (κ1) is 26.0. The molecule has 38 heavy (non-hydrogen) atoms. The summed E-state index contributed by atoms with van der Waals surface area (Å²) in [6.07, 6.45) is 1.68. The summed E-state index contributed by atoms with van der Waals surface area (Å²) in [5, 5.41) is 10.2. The monoisotopic (exact) mass is 514 g/mol. The number of methoxy groups -OCH3 is 1. The molecule has 1 aliphatic carbocycles. The van der Waals surface area contributed by atoms with Crippen molar-refractivity contribution in [3.8, 4) is 11.5 Å². The summed E-state index contributed by atoms with van der Waals surface area (Å²) in [5.41, 5.74) is 5.52. The second kappa shape index (κ2) is 10.6. The molecule has 200 valence electrons. The lowest BCUT2D eigenvalue weighted by Crippen LogP contribution is -2.50. The van der Waals surface area contributed by atoms with Crippen LogP contribution in [0.3, 0.4) is 0 Å². The number of ether oxygens (including phenoxy) is 2. The molecule has 6 nitrogen and oxygen atoms in total. The number of amides is 1. The Bertz CT molecular complexity index is 1280. The topological polar surface area (TPSA) is 62.2 Å². The van der Waals surface area contributed by atoms with Crippen molar-refractivity contribution in [2.45, 2.75) is 51.0 Å². The van der Waals surface area contributed by atoms with Crippen LogP contribution in [0.2, 0.25) is 0 Å². The predicted octanol–water partition coefficient (Wildman–Crippen LogP) is 6.32. The molecule has 3 aromatic carbocycles. The third-order valence-electron chi connectivity index (χ3n) is 7.67. The number of rotatable bonds is 4. The van der Waals surface area contributed by atoms with Gasteiger partial charge in [0.1, 0.15) is 17.1 Å². The van der Waals surface area contributed by atoms with Crippen LogP contribution >= 0.6 is 0 Å². The molecular weight excluding hydrogens is 476 g/mol. The lowest BCUT2D eigenvalue weighted by molar-refractivity contribution is 0.0240. The number of hydrogen-bond acceptors (Lipinski definition) is 5. The van der Waals surface area contributed by atoms with Crippen LogP contribution in [0.1, 0.15) is 61.3 Å². The molecular formula is C32H38N2O4. The average molecular weight is 515 g/mol. The maximum Gasteiger partial charge on any atom is 0.410 e. The van der Waals surface area contributed by atoms with E-state index in [4.69, 9.17) is 9.47 Å². The van der Waals surface area contributed by atoms with E-state index in [1.807, 2.05) is 26.8 Å². The molecule has 0 radical (unpaired) electrons. The maximum atomic E-state index is 12.5. The van der Waals surface area contributed by atoms with Crippen molar-refractivity contribution < 1.29 is 19.4 Å². The fourth-order valence-corrected chi connectivity index (χ4v) is 5.88. The quantitative estimate of drug-likeness (QED) is 0.441. The Morgan fingerprint density at radius 2 is 1.63 bits per heavy atom. The van der Waals surface area contributed by atoms with Crippen LogP contribution in [0.4, 0.5) is 10.5 Å². The van der Waals surface area contributed by atoms with Crippen molar-refractivity contribution in [2.24, 2.45) is 0 Å². The van der Waals surface area contributed by atoms with Crippen LogP contribution in [0.15, 0.2) is 66.7 Å². The molecule has 0 unspecified atom stereocenters. The summed E-state index contributed by atoms with van der Waals surface area (Å²) in [5.74, 6) is 1.61. The van der Waals surface area contributed by atoms with Crippen molar-refractivity contribution in [3.63, 3.8) is 0 Å². The summed E-state index contributed by atoms with van der Waals surface area (Å²) in [4.78, 5) is 16.6. The van der Waals surface area contributed by atoms with Gasteiger partial charge in [0, 0.05) is 49.4 Å². The number of fused-ring (bicyclic) bond motifs is 1. The van der Waals surface area contributed by atoms with Gasteiger partial charge >= 0.3 is 6.09 Å². The molecule has 0 spiro atoms. The minimum atomic E-state index is -0.495. The van der Waals surface area contributed by atoms with E-state index >= 15 is 0 Å². The molecule has 1 amide bonds. The number of hydrogen-bond donors (Lipinski definition) is 1. The third kappa shape index (κ3) is 5.45. The van der Waals surface area contributed by atoms with Crippen LogP contribution < -0.4 is 9.64 Å². The number of carbonyl (C=O) groups excluding carboxylic acids is 1. The highest BCUT2D eigenvalue weighted by atomic mass is 16.6. The van der Waals surface area contributed by atoms with E-state index < -0.39 is 5.60 Å². The van der Waals surface area contributed by atoms with Crippen LogP contribution in [0.5, 0.6) is 11.5 Å². The first-order valence-corrected chi connectivity index (χ1v) is 13.5. The first-order chi connectivity index (χ1) is 18.2. The molecule has 1 N–H and O–H groups in total. The highest BCUT2D eigenvalue weighted by molar-refractivity contribution is 5.69. The molecule has 5 rings (SSSR count). The largest absolute Gasteiger partial charge is 0.508 e. The Morgan fingerprint density at radius 1 is 0.921 bits per heavy atom. The van der Waals surface area contributed by atoms with E-state index in [0.717, 1.165) is 42.9 Å². The van der Waals surface area contributed by atoms with Gasteiger partial charge < -0.3 is 24.4 Å². The standard InChI is InChI=1S/C32H38N2O4/c1-32(2,3)38-31(36)34-18-16-33(17-19-34)24-11-14-28(29(21-24)37-4)30-26(22-8-6-5-7-9-22)13-10-23-20-25(35)12-15-27(23)30/h5-9,11-12,14-15,20-21,26,30,35H,10,13,16-19H2,1-4H3/t26-,30+/m1/s1. The van der Waals surface area contributed by atoms with Gasteiger partial charge in [-0.3, -0.25) is 0 Å². The molecule has 1 aliphatic heterocycles. The van der Waals surface area contributed by atoms with Gasteiger partial charge in [-0.1, -0.05) is 42.5 Å². The zero-order valence-corrected chi connectivity index (χ0v) is 22.8. The number of aryl methyl sites for hydroxylation is 1. The van der Waals surface area contributed by atoms with E-state index in [2.05, 4.69) is 59.5 Å². The lowest BCUT2D eigenvalue weighted by Gasteiger charge is -2.38. The molecule has 2 aliphatic rings. The van der Waals surface area contributed by atoms with Gasteiger partial charge in [0.15, 0.2) is 0 Å². The number of carbonyl (C=O) groups is 1. The minimum absolute atomic E-state index is 0.120. The molecule has 3 aromatic rings. The summed E-state index contributed by atoms with van der Waals surface area (Å²) in [6.45, 7) is 8.39. The summed E-state index contributed by atoms with van der Waals surface area (Å²) < 4.78 is 11.6. The summed E-state index contributed by atoms with van der Waals surface area (Å²) in [7, 11) is 1.74. The normalized spacial score (nSPS) is 19.6. The highest BCUT2D eigenvalue weighted by Crippen LogP contribution is 2.49. The molecule has 1 heterocycles. The molecule has 2 atom stereocenters. The fourth-order valence-electron chi connectivity index (χ4n) is 5.88. The van der Waals surface area contributed by atoms with Gasteiger partial charge in [-0.2, -0.15) is 0 Å². The summed E-state index contributed by atoms with van der Waals surface area (Å²) >= 11 is 0. The van der Waals surface area contributed by atoms with Gasteiger partial charge in [-0.05, 0) is 74.4 Å². The van der Waals surface area contributed by atoms with Crippen molar-refractivity contribution in [3.05, 3.63) is 89.0 Å². The van der Waals surface area contributed by atoms with Crippen LogP contribution in [0.25, 0.3) is 0 Å². The van der Waals surface area contributed by atoms with Crippen molar-refractivity contribution in [1.29, 1.82) is 0 Å². The number of aromatic hydroxyl groups is 1. The maximum absolute atomic E-state index is 12.5. The van der Waals surface area contributed by atoms with Gasteiger partial charge in [-0.25, -0.2) is 4.79 Å². The Labute approximate surface area is 225 Å². The molecule has 6 heteroatoms. The van der Waals surface area contributed by atoms with Gasteiger partial charge in [0.25, 0.3) is 0 Å². The average Bonchev–Trinajstić information content (AvgIpc) is 2.91. The van der Waals surface area contributed by atoms with E-state index in [0.29, 0.717) is 24.8 Å². The second-order valence-electron chi connectivity index (χ2n) is 11.3. The van der Waals surface area contributed by atoms with Gasteiger partial charge in [-0.15, -0.1) is 0 Å². The first-order valence-electron chi connectivity index (χ1n) is 13.5. The van der Waals surface area contributed by atoms with E-state index in [-0.39, 0.29) is 12.0 Å². The fraction of sp³-hybridized carbons (Fsp3) is 0.406. The van der Waals surface area contributed by atoms with Gasteiger partial charge in [0.2, 0.25) is 0 Å². The lowest BCUT2D eigenvalue weighted by atomic mass is 9.69. The minimum Gasteiger partial charge on any atom is -0.508 e. The van der Waals surface area contributed by atoms with Crippen LogP contribution in [-0.4, -0.2) is 55.0 Å². The number of piperazine rings is 1. The second-order valence-corrected chi connectivity index (χ2v) is 11.3. The predicted molar refractivity (Wildman–Crippen MR) is 150 cm³/mol. The Balaban J connectivity index is 1.43. The molecule has 1 saturated heterocycles. The molecule has 0 saturated carbocycles. The third-order valence-corrected chi connectivity index (χ3v) is 7.67. The van der Waals surface area contributed by atoms with E-state index in [1.165, 1.54) is 16.7 Å². The number of benzene rings is 3. The number of anilines is 1. The van der Waals surface area contributed by atoms with Crippen LogP contribution in [0, 0.1) is 0 Å². The summed E-state index contributed by atoms with van der Waals surface area (Å²) in [6, 6.07) is 23.0. The highest BCUT2D eigenvalue weighted by Gasteiger charge is 2.34. The van der Waals surface area contributed by atoms with Crippen molar-refractivity contribution in [1.82, 2.24) is 4.90 Å². The SMILES string of the molecule is COc1cc(N2CCN(C(=O)OC(C)(C)C)CC2)ccc1[C@@H]1c2ccc(O)cc2CC[C@@H]1c1ccccc1. The molecule has 0 aromatic heterocycles. The molecule has 1 fully saturated rings. The van der Waals surface area contributed by atoms with Crippen LogP contribution in [-0.2, 0) is 11.2 Å². The smallest absolute Gasteiger partial charge is 0.410 e. The Hall–Kier alpha value is -3.67. The van der Waals surface area contributed by atoms with Crippen molar-refractivity contribution >= 4 is 11.8 Å². The Morgan fingerprint density at radius 3 is 2.32 bits per heavy atom. The van der Waals surface area contributed by atoms with Gasteiger partial charge in [0.05, 0.1) is 7.11 Å². The van der Waals surface area contributed by atoms with E-state index in [9.17, 15) is 9.90 Å². The number of nitrogens with zero attached hydrogens (tertiary/aromatic N) is 2. The number of phenols is 1. The van der Waals surface area contributed by atoms with E-state index in [1.54, 1.807) is 18.1 Å². The molecule has 0 bridgehead atoms. The van der Waals surface area contributed by atoms with Crippen molar-refractivity contribution in [2.75, 3.05) is 38.2 Å². The zero-order valence-electron chi connectivity index (χ0n) is 22.8.